The van der Waals surface area contributed by atoms with Crippen LogP contribution in [0.5, 0.6) is 0 Å². The Morgan fingerprint density at radius 3 is 2.45 bits per heavy atom. The van der Waals surface area contributed by atoms with Crippen molar-refractivity contribution in [2.24, 2.45) is 5.10 Å². The molecule has 3 nitrogen and oxygen atoms in total. The Morgan fingerprint density at radius 1 is 1.15 bits per heavy atom. The van der Waals surface area contributed by atoms with Gasteiger partial charge in [0, 0.05) is 5.02 Å². The molecule has 0 atom stereocenters. The van der Waals surface area contributed by atoms with Crippen LogP contribution in [0.4, 0.5) is 0 Å². The lowest BCUT2D eigenvalue weighted by atomic mass is 10.1. The highest BCUT2D eigenvalue weighted by Gasteiger charge is 2.01. The summed E-state index contributed by atoms with van der Waals surface area (Å²) < 4.78 is 0. The second kappa shape index (κ2) is 6.87. The second-order valence-electron chi connectivity index (χ2n) is 4.51. The third-order valence-corrected chi connectivity index (χ3v) is 3.01. The summed E-state index contributed by atoms with van der Waals surface area (Å²) >= 11 is 5.78. The SMILES string of the molecule is Cc1ccc(CC(=O)N/N=C\c2ccc(Cl)cc2)cc1. The van der Waals surface area contributed by atoms with Gasteiger partial charge in [0.1, 0.15) is 0 Å². The molecule has 0 saturated carbocycles. The number of rotatable bonds is 4. The first kappa shape index (κ1) is 14.3. The number of carbonyl (C=O) groups excluding carboxylic acids is 1. The third kappa shape index (κ3) is 4.52. The van der Waals surface area contributed by atoms with E-state index in [9.17, 15) is 4.79 Å². The molecule has 2 aromatic rings. The van der Waals surface area contributed by atoms with E-state index in [-0.39, 0.29) is 5.91 Å². The van der Waals surface area contributed by atoms with Gasteiger partial charge in [-0.2, -0.15) is 5.10 Å². The van der Waals surface area contributed by atoms with E-state index in [0.29, 0.717) is 11.4 Å². The Bertz CT molecular complexity index is 603. The largest absolute Gasteiger partial charge is 0.273 e. The van der Waals surface area contributed by atoms with Crippen LogP contribution in [0.25, 0.3) is 0 Å². The van der Waals surface area contributed by atoms with Crippen LogP contribution < -0.4 is 5.43 Å². The minimum atomic E-state index is -0.140. The van der Waals surface area contributed by atoms with Crippen LogP contribution in [0.3, 0.4) is 0 Å². The average Bonchev–Trinajstić information content (AvgIpc) is 2.44. The van der Waals surface area contributed by atoms with E-state index < -0.39 is 0 Å². The smallest absolute Gasteiger partial charge is 0.244 e. The lowest BCUT2D eigenvalue weighted by Crippen LogP contribution is -2.19. The van der Waals surface area contributed by atoms with Gasteiger partial charge < -0.3 is 0 Å². The molecule has 1 N–H and O–H groups in total. The fourth-order valence-electron chi connectivity index (χ4n) is 1.66. The molecule has 0 unspecified atom stereocenters. The van der Waals surface area contributed by atoms with Gasteiger partial charge in [-0.05, 0) is 30.2 Å². The molecule has 0 saturated heterocycles. The van der Waals surface area contributed by atoms with Gasteiger partial charge in [0.05, 0.1) is 12.6 Å². The fourth-order valence-corrected chi connectivity index (χ4v) is 1.78. The number of nitrogens with one attached hydrogen (secondary N) is 1. The van der Waals surface area contributed by atoms with Crippen LogP contribution in [-0.2, 0) is 11.2 Å². The molecule has 0 aliphatic rings. The molecule has 0 bridgehead atoms. The second-order valence-corrected chi connectivity index (χ2v) is 4.94. The Balaban J connectivity index is 1.85. The number of hydrogen-bond donors (Lipinski definition) is 1. The monoisotopic (exact) mass is 286 g/mol. The maximum Gasteiger partial charge on any atom is 0.244 e. The number of hydrazone groups is 1. The van der Waals surface area contributed by atoms with Crippen molar-refractivity contribution in [1.82, 2.24) is 5.43 Å². The van der Waals surface area contributed by atoms with Crippen LogP contribution in [0.2, 0.25) is 5.02 Å². The predicted octanol–water partition coefficient (Wildman–Crippen LogP) is 3.34. The first-order chi connectivity index (χ1) is 9.63. The summed E-state index contributed by atoms with van der Waals surface area (Å²) in [4.78, 5) is 11.7. The molecule has 0 radical (unpaired) electrons. The van der Waals surface area contributed by atoms with Gasteiger partial charge in [-0.25, -0.2) is 5.43 Å². The van der Waals surface area contributed by atoms with Gasteiger partial charge in [0.25, 0.3) is 0 Å². The number of hydrogen-bond acceptors (Lipinski definition) is 2. The standard InChI is InChI=1S/C16H15ClN2O/c1-12-2-4-13(5-3-12)10-16(20)19-18-11-14-6-8-15(17)9-7-14/h2-9,11H,10H2,1H3,(H,19,20)/b18-11-. The normalized spacial score (nSPS) is 10.7. The Kier molecular flexibility index (Phi) is 4.91. The lowest BCUT2D eigenvalue weighted by Gasteiger charge is -2.01. The summed E-state index contributed by atoms with van der Waals surface area (Å²) in [6.07, 6.45) is 1.90. The van der Waals surface area contributed by atoms with E-state index in [1.54, 1.807) is 18.3 Å². The minimum Gasteiger partial charge on any atom is -0.273 e. The van der Waals surface area contributed by atoms with Gasteiger partial charge in [-0.15, -0.1) is 0 Å². The molecule has 102 valence electrons. The van der Waals surface area contributed by atoms with Crippen LogP contribution in [0.15, 0.2) is 53.6 Å². The summed E-state index contributed by atoms with van der Waals surface area (Å²) in [6.45, 7) is 2.01. The highest BCUT2D eigenvalue weighted by atomic mass is 35.5. The van der Waals surface area contributed by atoms with Crippen molar-refractivity contribution >= 4 is 23.7 Å². The number of benzene rings is 2. The molecule has 0 fully saturated rings. The van der Waals surface area contributed by atoms with Crippen LogP contribution in [0, 0.1) is 6.92 Å². The quantitative estimate of drug-likeness (QED) is 0.680. The molecular weight excluding hydrogens is 272 g/mol. The van der Waals surface area contributed by atoms with E-state index in [0.717, 1.165) is 11.1 Å². The molecule has 0 aliphatic heterocycles. The molecule has 2 rings (SSSR count). The zero-order valence-electron chi connectivity index (χ0n) is 11.1. The number of carbonyl (C=O) groups is 1. The van der Waals surface area contributed by atoms with E-state index in [4.69, 9.17) is 11.6 Å². The third-order valence-electron chi connectivity index (χ3n) is 2.76. The summed E-state index contributed by atoms with van der Waals surface area (Å²) in [5.74, 6) is -0.140. The highest BCUT2D eigenvalue weighted by Crippen LogP contribution is 2.07. The van der Waals surface area contributed by atoms with Crippen molar-refractivity contribution in [1.29, 1.82) is 0 Å². The fraction of sp³-hybridized carbons (Fsp3) is 0.125. The van der Waals surface area contributed by atoms with Gasteiger partial charge in [0.2, 0.25) is 5.91 Å². The first-order valence-corrected chi connectivity index (χ1v) is 6.64. The van der Waals surface area contributed by atoms with E-state index in [1.165, 1.54) is 5.56 Å². The zero-order valence-corrected chi connectivity index (χ0v) is 11.9. The van der Waals surface area contributed by atoms with Crippen molar-refractivity contribution in [2.45, 2.75) is 13.3 Å². The number of aryl methyl sites for hydroxylation is 1. The molecule has 1 amide bonds. The topological polar surface area (TPSA) is 41.5 Å². The number of halogens is 1. The van der Waals surface area contributed by atoms with Crippen LogP contribution >= 0.6 is 11.6 Å². The van der Waals surface area contributed by atoms with Crippen molar-refractivity contribution in [2.75, 3.05) is 0 Å². The van der Waals surface area contributed by atoms with Crippen molar-refractivity contribution in [3.63, 3.8) is 0 Å². The zero-order chi connectivity index (χ0) is 14.4. The van der Waals surface area contributed by atoms with Gasteiger partial charge in [0.15, 0.2) is 0 Å². The molecule has 2 aromatic carbocycles. The van der Waals surface area contributed by atoms with Crippen LogP contribution in [-0.4, -0.2) is 12.1 Å². The molecule has 4 heteroatoms. The minimum absolute atomic E-state index is 0.140. The summed E-state index contributed by atoms with van der Waals surface area (Å²) in [5, 5.41) is 4.59. The Labute approximate surface area is 123 Å². The summed E-state index contributed by atoms with van der Waals surface area (Å²) in [5.41, 5.74) is 5.53. The molecule has 0 spiro atoms. The number of amides is 1. The van der Waals surface area contributed by atoms with Crippen molar-refractivity contribution < 1.29 is 4.79 Å². The molecule has 0 aliphatic carbocycles. The van der Waals surface area contributed by atoms with E-state index in [1.807, 2.05) is 43.3 Å². The van der Waals surface area contributed by atoms with E-state index >= 15 is 0 Å². The Hall–Kier alpha value is -2.13. The maximum atomic E-state index is 11.7. The predicted molar refractivity (Wildman–Crippen MR) is 82.1 cm³/mol. The van der Waals surface area contributed by atoms with Crippen LogP contribution in [0.1, 0.15) is 16.7 Å². The van der Waals surface area contributed by atoms with Gasteiger partial charge in [-0.3, -0.25) is 4.79 Å². The Morgan fingerprint density at radius 2 is 1.80 bits per heavy atom. The van der Waals surface area contributed by atoms with Crippen molar-refractivity contribution in [3.8, 4) is 0 Å². The lowest BCUT2D eigenvalue weighted by molar-refractivity contribution is -0.120. The van der Waals surface area contributed by atoms with Gasteiger partial charge in [-0.1, -0.05) is 53.6 Å². The molecular formula is C16H15ClN2O. The summed E-state index contributed by atoms with van der Waals surface area (Å²) in [7, 11) is 0. The summed E-state index contributed by atoms with van der Waals surface area (Å²) in [6, 6.07) is 15.1. The maximum absolute atomic E-state index is 11.7. The number of nitrogens with zero attached hydrogens (tertiary/aromatic N) is 1. The van der Waals surface area contributed by atoms with E-state index in [2.05, 4.69) is 10.5 Å². The molecule has 0 aromatic heterocycles. The highest BCUT2D eigenvalue weighted by molar-refractivity contribution is 6.30. The van der Waals surface area contributed by atoms with Gasteiger partial charge >= 0.3 is 0 Å². The average molecular weight is 287 g/mol. The van der Waals surface area contributed by atoms with Crippen molar-refractivity contribution in [3.05, 3.63) is 70.2 Å². The molecule has 0 heterocycles. The molecule has 20 heavy (non-hydrogen) atoms. The first-order valence-electron chi connectivity index (χ1n) is 6.26.